The number of nitrogens with zero attached hydrogens (tertiary/aromatic N) is 1. The molecule has 1 amide bonds. The molecule has 0 atom stereocenters. The van der Waals surface area contributed by atoms with Gasteiger partial charge >= 0.3 is 0 Å². The summed E-state index contributed by atoms with van der Waals surface area (Å²) >= 11 is 0. The second kappa shape index (κ2) is 4.76. The van der Waals surface area contributed by atoms with Crippen LogP contribution in [-0.4, -0.2) is 12.5 Å². The third-order valence-corrected chi connectivity index (χ3v) is 3.19. The maximum atomic E-state index is 12.6. The van der Waals surface area contributed by atoms with E-state index in [-0.39, 0.29) is 5.91 Å². The van der Waals surface area contributed by atoms with Crippen molar-refractivity contribution < 1.29 is 9.53 Å². The van der Waals surface area contributed by atoms with Gasteiger partial charge in [0, 0.05) is 6.54 Å². The van der Waals surface area contributed by atoms with Crippen molar-refractivity contribution in [3.05, 3.63) is 54.1 Å². The summed E-state index contributed by atoms with van der Waals surface area (Å²) in [6, 6.07) is 15.0. The summed E-state index contributed by atoms with van der Waals surface area (Å²) in [5.41, 5.74) is 1.46. The number of rotatable bonds is 2. The number of carbonyl (C=O) groups is 1. The lowest BCUT2D eigenvalue weighted by atomic mass is 10.1. The van der Waals surface area contributed by atoms with Gasteiger partial charge in [0.25, 0.3) is 5.91 Å². The predicted octanol–water partition coefficient (Wildman–Crippen LogP) is 3.85. The van der Waals surface area contributed by atoms with Crippen LogP contribution in [0.2, 0.25) is 0 Å². The average molecular weight is 253 g/mol. The zero-order valence-corrected chi connectivity index (χ0v) is 10.8. The Morgan fingerprint density at radius 3 is 2.47 bits per heavy atom. The fraction of sp³-hybridized carbons (Fsp3) is 0.188. The second-order valence-corrected chi connectivity index (χ2v) is 4.52. The van der Waals surface area contributed by atoms with Crippen molar-refractivity contribution in [3.8, 4) is 11.5 Å². The van der Waals surface area contributed by atoms with Crippen molar-refractivity contribution in [3.63, 3.8) is 0 Å². The van der Waals surface area contributed by atoms with Crippen LogP contribution in [0.5, 0.6) is 11.5 Å². The molecule has 1 aliphatic heterocycles. The molecule has 0 saturated carbocycles. The Labute approximate surface area is 112 Å². The number of carbonyl (C=O) groups excluding carboxylic acids is 1. The van der Waals surface area contributed by atoms with E-state index >= 15 is 0 Å². The minimum absolute atomic E-state index is 0.00222. The van der Waals surface area contributed by atoms with E-state index in [4.69, 9.17) is 4.74 Å². The Morgan fingerprint density at radius 1 is 1.00 bits per heavy atom. The zero-order chi connectivity index (χ0) is 13.2. The zero-order valence-electron chi connectivity index (χ0n) is 10.8. The number of anilines is 1. The maximum absolute atomic E-state index is 12.6. The molecular formula is C16H15NO2. The molecule has 0 N–H and O–H groups in total. The topological polar surface area (TPSA) is 29.5 Å². The van der Waals surface area contributed by atoms with E-state index in [9.17, 15) is 4.79 Å². The smallest absolute Gasteiger partial charge is 0.262 e. The van der Waals surface area contributed by atoms with Crippen LogP contribution in [0, 0.1) is 0 Å². The molecule has 0 aliphatic carbocycles. The highest BCUT2D eigenvalue weighted by molar-refractivity contribution is 6.09. The first-order valence-corrected chi connectivity index (χ1v) is 6.49. The van der Waals surface area contributed by atoms with Crippen molar-refractivity contribution in [2.45, 2.75) is 13.3 Å². The SMILES string of the molecule is CCCN1C(=O)c2ccccc2Oc2ccccc21. The van der Waals surface area contributed by atoms with Crippen LogP contribution in [0.15, 0.2) is 48.5 Å². The lowest BCUT2D eigenvalue weighted by Gasteiger charge is -2.21. The van der Waals surface area contributed by atoms with E-state index in [2.05, 4.69) is 6.92 Å². The third-order valence-electron chi connectivity index (χ3n) is 3.19. The fourth-order valence-corrected chi connectivity index (χ4v) is 2.32. The minimum Gasteiger partial charge on any atom is -0.454 e. The first-order chi connectivity index (χ1) is 9.31. The summed E-state index contributed by atoms with van der Waals surface area (Å²) in [6.07, 6.45) is 0.905. The van der Waals surface area contributed by atoms with Crippen molar-refractivity contribution >= 4 is 11.6 Å². The summed E-state index contributed by atoms with van der Waals surface area (Å²) in [5.74, 6) is 1.36. The van der Waals surface area contributed by atoms with Gasteiger partial charge in [-0.3, -0.25) is 4.79 Å². The molecular weight excluding hydrogens is 238 g/mol. The first kappa shape index (κ1) is 11.8. The summed E-state index contributed by atoms with van der Waals surface area (Å²) in [5, 5.41) is 0. The van der Waals surface area contributed by atoms with E-state index in [0.29, 0.717) is 17.9 Å². The molecule has 0 aromatic heterocycles. The van der Waals surface area contributed by atoms with Crippen LogP contribution >= 0.6 is 0 Å². The number of para-hydroxylation sites is 3. The number of benzene rings is 2. The molecule has 0 spiro atoms. The van der Waals surface area contributed by atoms with Crippen LogP contribution in [0.25, 0.3) is 0 Å². The second-order valence-electron chi connectivity index (χ2n) is 4.52. The van der Waals surface area contributed by atoms with Gasteiger partial charge in [-0.25, -0.2) is 0 Å². The van der Waals surface area contributed by atoms with E-state index in [1.807, 2.05) is 48.5 Å². The Bertz CT molecular complexity index is 622. The van der Waals surface area contributed by atoms with Gasteiger partial charge in [0.15, 0.2) is 5.75 Å². The maximum Gasteiger partial charge on any atom is 0.262 e. The molecule has 0 unspecified atom stereocenters. The van der Waals surface area contributed by atoms with Gasteiger partial charge in [-0.15, -0.1) is 0 Å². The largest absolute Gasteiger partial charge is 0.454 e. The summed E-state index contributed by atoms with van der Waals surface area (Å²) < 4.78 is 5.89. The number of hydrogen-bond acceptors (Lipinski definition) is 2. The Morgan fingerprint density at radius 2 is 1.68 bits per heavy atom. The van der Waals surface area contributed by atoms with E-state index < -0.39 is 0 Å². The molecule has 1 aliphatic rings. The van der Waals surface area contributed by atoms with Crippen molar-refractivity contribution in [1.82, 2.24) is 0 Å². The lowest BCUT2D eigenvalue weighted by Crippen LogP contribution is -2.30. The van der Waals surface area contributed by atoms with Crippen LogP contribution < -0.4 is 9.64 Å². The fourth-order valence-electron chi connectivity index (χ4n) is 2.32. The molecule has 0 radical (unpaired) electrons. The van der Waals surface area contributed by atoms with Crippen molar-refractivity contribution in [1.29, 1.82) is 0 Å². The van der Waals surface area contributed by atoms with Crippen LogP contribution in [0.4, 0.5) is 5.69 Å². The third kappa shape index (κ3) is 1.97. The number of ether oxygens (including phenoxy) is 1. The Balaban J connectivity index is 2.18. The van der Waals surface area contributed by atoms with Gasteiger partial charge in [-0.05, 0) is 30.7 Å². The molecule has 0 fully saturated rings. The number of hydrogen-bond donors (Lipinski definition) is 0. The van der Waals surface area contributed by atoms with Gasteiger partial charge in [-0.2, -0.15) is 0 Å². The number of fused-ring (bicyclic) bond motifs is 2. The van der Waals surface area contributed by atoms with Gasteiger partial charge in [0.05, 0.1) is 11.3 Å². The summed E-state index contributed by atoms with van der Waals surface area (Å²) in [4.78, 5) is 14.4. The summed E-state index contributed by atoms with van der Waals surface area (Å²) in [6.45, 7) is 2.75. The molecule has 96 valence electrons. The van der Waals surface area contributed by atoms with Gasteiger partial charge in [0.2, 0.25) is 0 Å². The summed E-state index contributed by atoms with van der Waals surface area (Å²) in [7, 11) is 0. The van der Waals surface area contributed by atoms with Gasteiger partial charge in [0.1, 0.15) is 5.75 Å². The monoisotopic (exact) mass is 253 g/mol. The molecule has 19 heavy (non-hydrogen) atoms. The van der Waals surface area contributed by atoms with Gasteiger partial charge < -0.3 is 9.64 Å². The van der Waals surface area contributed by atoms with E-state index in [1.165, 1.54) is 0 Å². The van der Waals surface area contributed by atoms with Crippen LogP contribution in [0.3, 0.4) is 0 Å². The number of amides is 1. The molecule has 0 bridgehead atoms. The van der Waals surface area contributed by atoms with E-state index in [0.717, 1.165) is 17.9 Å². The highest BCUT2D eigenvalue weighted by Crippen LogP contribution is 2.38. The van der Waals surface area contributed by atoms with Crippen LogP contribution in [0.1, 0.15) is 23.7 Å². The molecule has 3 heteroatoms. The highest BCUT2D eigenvalue weighted by Gasteiger charge is 2.26. The quantitative estimate of drug-likeness (QED) is 0.813. The standard InChI is InChI=1S/C16H15NO2/c1-2-11-17-13-8-4-6-10-15(13)19-14-9-5-3-7-12(14)16(17)18/h3-10H,2,11H2,1H3. The minimum atomic E-state index is 0.00222. The predicted molar refractivity (Wildman–Crippen MR) is 74.9 cm³/mol. The van der Waals surface area contributed by atoms with Crippen LogP contribution in [-0.2, 0) is 0 Å². The van der Waals surface area contributed by atoms with Gasteiger partial charge in [-0.1, -0.05) is 31.2 Å². The average Bonchev–Trinajstić information content (AvgIpc) is 2.56. The molecule has 2 aromatic rings. The Kier molecular flexibility index (Phi) is 2.95. The molecule has 2 aromatic carbocycles. The molecule has 1 heterocycles. The molecule has 3 rings (SSSR count). The van der Waals surface area contributed by atoms with Crippen molar-refractivity contribution in [2.75, 3.05) is 11.4 Å². The van der Waals surface area contributed by atoms with E-state index in [1.54, 1.807) is 4.90 Å². The molecule has 0 saturated heterocycles. The highest BCUT2D eigenvalue weighted by atomic mass is 16.5. The first-order valence-electron chi connectivity index (χ1n) is 6.49. The lowest BCUT2D eigenvalue weighted by molar-refractivity contribution is 0.0987. The molecule has 3 nitrogen and oxygen atoms in total. The normalized spacial score (nSPS) is 13.3. The Hall–Kier alpha value is -2.29. The van der Waals surface area contributed by atoms with Crippen molar-refractivity contribution in [2.24, 2.45) is 0 Å².